The lowest BCUT2D eigenvalue weighted by Gasteiger charge is -2.35. The Hall–Kier alpha value is -3.54. The zero-order valence-electron chi connectivity index (χ0n) is 22.7. The molecule has 5 rings (SSSR count). The molecule has 39 heavy (non-hydrogen) atoms. The summed E-state index contributed by atoms with van der Waals surface area (Å²) >= 11 is 0. The Morgan fingerprint density at radius 1 is 1.05 bits per heavy atom. The van der Waals surface area contributed by atoms with Crippen molar-refractivity contribution >= 4 is 22.8 Å². The van der Waals surface area contributed by atoms with E-state index < -0.39 is 11.6 Å². The van der Waals surface area contributed by atoms with Crippen LogP contribution in [0.2, 0.25) is 0 Å². The van der Waals surface area contributed by atoms with Gasteiger partial charge >= 0.3 is 0 Å². The van der Waals surface area contributed by atoms with E-state index >= 15 is 4.39 Å². The van der Waals surface area contributed by atoms with Crippen LogP contribution in [0.15, 0.2) is 36.7 Å². The smallest absolute Gasteiger partial charge is 0.229 e. The molecular formula is C28H34F2N8O. The van der Waals surface area contributed by atoms with Crippen molar-refractivity contribution in [3.8, 4) is 11.3 Å². The maximum Gasteiger partial charge on any atom is 0.229 e. The number of aliphatic hydroxyl groups is 1. The van der Waals surface area contributed by atoms with Gasteiger partial charge < -0.3 is 19.9 Å². The van der Waals surface area contributed by atoms with Crippen LogP contribution in [0.25, 0.3) is 22.3 Å². The van der Waals surface area contributed by atoms with E-state index in [1.165, 1.54) is 6.07 Å². The van der Waals surface area contributed by atoms with E-state index in [9.17, 15) is 9.50 Å². The summed E-state index contributed by atoms with van der Waals surface area (Å²) in [5.41, 5.74) is 1.89. The summed E-state index contributed by atoms with van der Waals surface area (Å²) in [6, 6.07) is 7.24. The van der Waals surface area contributed by atoms with Gasteiger partial charge in [0, 0.05) is 30.4 Å². The molecule has 0 spiro atoms. The van der Waals surface area contributed by atoms with Crippen molar-refractivity contribution in [1.29, 1.82) is 0 Å². The number of hydrogen-bond donors (Lipinski definition) is 2. The number of halogens is 2. The van der Waals surface area contributed by atoms with Crippen LogP contribution in [0.3, 0.4) is 0 Å². The van der Waals surface area contributed by atoms with Gasteiger partial charge in [-0.2, -0.15) is 0 Å². The normalized spacial score (nSPS) is 15.1. The van der Waals surface area contributed by atoms with Gasteiger partial charge in [0.25, 0.3) is 0 Å². The quantitative estimate of drug-likeness (QED) is 0.340. The average molecular weight is 537 g/mol. The Labute approximate surface area is 226 Å². The first-order valence-corrected chi connectivity index (χ1v) is 13.2. The number of benzene rings is 1. The number of nitrogens with one attached hydrogen (secondary N) is 1. The molecule has 1 aliphatic rings. The molecule has 206 valence electrons. The average Bonchev–Trinajstić information content (AvgIpc) is 3.31. The Kier molecular flexibility index (Phi) is 7.83. The van der Waals surface area contributed by atoms with Gasteiger partial charge in [-0.25, -0.2) is 28.7 Å². The second kappa shape index (κ2) is 11.3. The van der Waals surface area contributed by atoms with Crippen molar-refractivity contribution in [3.63, 3.8) is 0 Å². The fourth-order valence-corrected chi connectivity index (χ4v) is 5.21. The molecule has 1 saturated heterocycles. The number of aromatic nitrogens is 5. The van der Waals surface area contributed by atoms with Crippen molar-refractivity contribution in [2.75, 3.05) is 32.5 Å². The summed E-state index contributed by atoms with van der Waals surface area (Å²) in [4.78, 5) is 21.8. The molecule has 1 aromatic carbocycles. The Balaban J connectivity index is 1.34. The minimum absolute atomic E-state index is 0.0481. The summed E-state index contributed by atoms with van der Waals surface area (Å²) in [6.45, 7) is 6.43. The lowest BCUT2D eigenvalue weighted by Crippen LogP contribution is -2.41. The van der Waals surface area contributed by atoms with Crippen molar-refractivity contribution in [2.45, 2.75) is 51.9 Å². The summed E-state index contributed by atoms with van der Waals surface area (Å²) < 4.78 is 31.6. The van der Waals surface area contributed by atoms with E-state index in [1.807, 2.05) is 32.2 Å². The highest BCUT2D eigenvalue weighted by atomic mass is 19.1. The zero-order valence-corrected chi connectivity index (χ0v) is 22.7. The van der Waals surface area contributed by atoms with Gasteiger partial charge in [0.2, 0.25) is 5.95 Å². The number of nitrogens with zero attached hydrogens (tertiary/aromatic N) is 7. The van der Waals surface area contributed by atoms with Gasteiger partial charge in [-0.05, 0) is 77.6 Å². The van der Waals surface area contributed by atoms with Gasteiger partial charge in [0.05, 0.1) is 11.7 Å². The van der Waals surface area contributed by atoms with Gasteiger partial charge in [-0.3, -0.25) is 4.90 Å². The molecule has 0 bridgehead atoms. The molecule has 11 heteroatoms. The van der Waals surface area contributed by atoms with Crippen LogP contribution in [0.5, 0.6) is 0 Å². The van der Waals surface area contributed by atoms with Crippen LogP contribution in [0.4, 0.5) is 20.5 Å². The minimum atomic E-state index is -0.682. The van der Waals surface area contributed by atoms with Gasteiger partial charge in [-0.1, -0.05) is 6.07 Å². The molecule has 0 amide bonds. The van der Waals surface area contributed by atoms with E-state index in [0.717, 1.165) is 44.2 Å². The van der Waals surface area contributed by atoms with E-state index in [1.54, 1.807) is 10.6 Å². The third-order valence-corrected chi connectivity index (χ3v) is 7.26. The van der Waals surface area contributed by atoms with Crippen LogP contribution in [-0.4, -0.2) is 72.6 Å². The second-order valence-electron chi connectivity index (χ2n) is 10.5. The number of aliphatic hydroxyl groups excluding tert-OH is 1. The number of rotatable bonds is 8. The fourth-order valence-electron chi connectivity index (χ4n) is 5.21. The monoisotopic (exact) mass is 536 g/mol. The number of imidazole rings is 1. The Morgan fingerprint density at radius 3 is 2.46 bits per heavy atom. The molecule has 3 aromatic heterocycles. The third kappa shape index (κ3) is 5.75. The van der Waals surface area contributed by atoms with E-state index in [2.05, 4.69) is 49.1 Å². The summed E-state index contributed by atoms with van der Waals surface area (Å²) in [7, 11) is 4.27. The first-order valence-electron chi connectivity index (χ1n) is 13.2. The molecule has 1 fully saturated rings. The molecule has 9 nitrogen and oxygen atoms in total. The third-order valence-electron chi connectivity index (χ3n) is 7.26. The molecule has 1 aliphatic heterocycles. The number of fused-ring (bicyclic) bond motifs is 1. The van der Waals surface area contributed by atoms with E-state index in [0.29, 0.717) is 23.2 Å². The van der Waals surface area contributed by atoms with Crippen molar-refractivity contribution in [3.05, 3.63) is 59.7 Å². The van der Waals surface area contributed by atoms with Crippen LogP contribution < -0.4 is 5.32 Å². The fraction of sp³-hybridized carbons (Fsp3) is 0.429. The number of piperidine rings is 1. The lowest BCUT2D eigenvalue weighted by molar-refractivity contribution is 0.140. The standard InChI is InChI=1S/C28H34F2N8O/c1-17(2)38-23-12-19(11-21(29)27(23)34-25(38)16-39)26-22(30)14-32-28(35-26)33-24-6-5-18(13-31-24)15-37-9-7-20(8-10-37)36(3)4/h5-6,11-14,17,20,39H,7-10,15-16H2,1-4H3,(H,31,32,33,35). The topological polar surface area (TPSA) is 95.2 Å². The molecule has 4 aromatic rings. The molecule has 0 radical (unpaired) electrons. The second-order valence-corrected chi connectivity index (χ2v) is 10.5. The van der Waals surface area contributed by atoms with Crippen molar-refractivity contribution in [2.24, 2.45) is 0 Å². The highest BCUT2D eigenvalue weighted by Crippen LogP contribution is 2.30. The maximum atomic E-state index is 15.0. The van der Waals surface area contributed by atoms with Crippen molar-refractivity contribution < 1.29 is 13.9 Å². The number of hydrogen-bond acceptors (Lipinski definition) is 8. The predicted octanol–water partition coefficient (Wildman–Crippen LogP) is 4.51. The van der Waals surface area contributed by atoms with Gasteiger partial charge in [0.1, 0.15) is 29.5 Å². The molecule has 0 atom stereocenters. The van der Waals surface area contributed by atoms with E-state index in [4.69, 9.17) is 0 Å². The predicted molar refractivity (Wildman–Crippen MR) is 146 cm³/mol. The largest absolute Gasteiger partial charge is 0.388 e. The number of likely N-dealkylation sites (tertiary alicyclic amines) is 1. The highest BCUT2D eigenvalue weighted by molar-refractivity contribution is 5.83. The van der Waals surface area contributed by atoms with Crippen LogP contribution in [-0.2, 0) is 13.2 Å². The molecule has 2 N–H and O–H groups in total. The lowest BCUT2D eigenvalue weighted by atomic mass is 10.0. The zero-order chi connectivity index (χ0) is 27.7. The van der Waals surface area contributed by atoms with E-state index in [-0.39, 0.29) is 35.4 Å². The molecule has 0 unspecified atom stereocenters. The van der Waals surface area contributed by atoms with Crippen molar-refractivity contribution in [1.82, 2.24) is 34.3 Å². The molecule has 0 aliphatic carbocycles. The minimum Gasteiger partial charge on any atom is -0.388 e. The molecule has 0 saturated carbocycles. The highest BCUT2D eigenvalue weighted by Gasteiger charge is 2.21. The van der Waals surface area contributed by atoms with Gasteiger partial charge in [-0.15, -0.1) is 0 Å². The number of anilines is 2. The summed E-state index contributed by atoms with van der Waals surface area (Å²) in [5, 5.41) is 12.7. The molecule has 4 heterocycles. The first-order chi connectivity index (χ1) is 18.7. The van der Waals surface area contributed by atoms with Crippen LogP contribution >= 0.6 is 0 Å². The van der Waals surface area contributed by atoms with Crippen LogP contribution in [0.1, 0.15) is 44.1 Å². The van der Waals surface area contributed by atoms with Gasteiger partial charge in [0.15, 0.2) is 11.6 Å². The first kappa shape index (κ1) is 27.0. The SMILES string of the molecule is CC(C)n1c(CO)nc2c(F)cc(-c3nc(Nc4ccc(CN5CCC(N(C)C)CC5)cn4)ncc3F)cc21. The molecular weight excluding hydrogens is 502 g/mol. The Bertz CT molecular complexity index is 1450. The summed E-state index contributed by atoms with van der Waals surface area (Å²) in [5.74, 6) is -0.291. The Morgan fingerprint density at radius 2 is 1.82 bits per heavy atom. The summed E-state index contributed by atoms with van der Waals surface area (Å²) in [6.07, 6.45) is 5.18. The number of pyridine rings is 1. The maximum absolute atomic E-state index is 15.0. The van der Waals surface area contributed by atoms with Crippen LogP contribution in [0, 0.1) is 11.6 Å².